The third kappa shape index (κ3) is 3.00. The maximum Gasteiger partial charge on any atom is 0.153 e. The molecule has 106 valence electrons. The largest absolute Gasteiger partial charge is 0.388 e. The monoisotopic (exact) mass is 282 g/mol. The molecular weight excluding hydrogens is 260 g/mol. The molecule has 4 heteroatoms. The zero-order chi connectivity index (χ0) is 14.3. The maximum absolute atomic E-state index is 11.8. The minimum absolute atomic E-state index is 0.429. The van der Waals surface area contributed by atoms with Crippen LogP contribution in [-0.2, 0) is 16.3 Å². The van der Waals surface area contributed by atoms with Gasteiger partial charge in [0.05, 0.1) is 10.9 Å². The first-order chi connectivity index (χ1) is 8.72. The molecule has 0 bridgehead atoms. The molecule has 2 atom stereocenters. The summed E-state index contributed by atoms with van der Waals surface area (Å²) in [4.78, 5) is 0. The predicted octanol–water partition coefficient (Wildman–Crippen LogP) is 2.17. The molecular formula is C15H22O3S. The van der Waals surface area contributed by atoms with Gasteiger partial charge < -0.3 is 5.11 Å². The predicted molar refractivity (Wildman–Crippen MR) is 77.1 cm³/mol. The van der Waals surface area contributed by atoms with Gasteiger partial charge in [0, 0.05) is 12.7 Å². The molecule has 3 nitrogen and oxygen atoms in total. The van der Waals surface area contributed by atoms with Gasteiger partial charge in [0.1, 0.15) is 0 Å². The van der Waals surface area contributed by atoms with Crippen LogP contribution in [0.15, 0.2) is 18.2 Å². The molecule has 1 fully saturated rings. The second kappa shape index (κ2) is 4.91. The van der Waals surface area contributed by atoms with Crippen LogP contribution < -0.4 is 0 Å². The molecule has 0 amide bonds. The van der Waals surface area contributed by atoms with Crippen molar-refractivity contribution in [3.05, 3.63) is 34.9 Å². The lowest BCUT2D eigenvalue weighted by atomic mass is 9.90. The lowest BCUT2D eigenvalue weighted by molar-refractivity contribution is 0.0511. The molecule has 1 saturated carbocycles. The number of benzene rings is 1. The highest BCUT2D eigenvalue weighted by molar-refractivity contribution is 7.91. The van der Waals surface area contributed by atoms with E-state index in [-0.39, 0.29) is 0 Å². The van der Waals surface area contributed by atoms with E-state index < -0.39 is 20.7 Å². The second-order valence-electron chi connectivity index (χ2n) is 5.92. The molecule has 1 aromatic carbocycles. The van der Waals surface area contributed by atoms with Gasteiger partial charge in [-0.25, -0.2) is 8.42 Å². The van der Waals surface area contributed by atoms with Gasteiger partial charge in [0.2, 0.25) is 0 Å². The van der Waals surface area contributed by atoms with Crippen molar-refractivity contribution < 1.29 is 13.5 Å². The Morgan fingerprint density at radius 2 is 2.05 bits per heavy atom. The van der Waals surface area contributed by atoms with Gasteiger partial charge in [-0.2, -0.15) is 0 Å². The molecule has 0 heterocycles. The standard InChI is InChI=1S/C15H22O3S/c1-11-6-7-12(2)13(9-11)10-15(16)8-4-5-14(15)19(3,17)18/h6-7,9,14,16H,4-5,8,10H2,1-3H3. The van der Waals surface area contributed by atoms with Crippen LogP contribution in [-0.4, -0.2) is 30.6 Å². The van der Waals surface area contributed by atoms with Crippen molar-refractivity contribution in [2.24, 2.45) is 0 Å². The zero-order valence-corrected chi connectivity index (χ0v) is 12.6. The number of sulfone groups is 1. The topological polar surface area (TPSA) is 54.4 Å². The maximum atomic E-state index is 11.8. The Balaban J connectivity index is 2.33. The molecule has 2 unspecified atom stereocenters. The SMILES string of the molecule is Cc1ccc(C)c(CC2(O)CCCC2S(C)(=O)=O)c1. The van der Waals surface area contributed by atoms with Gasteiger partial charge in [-0.1, -0.05) is 23.8 Å². The van der Waals surface area contributed by atoms with Crippen molar-refractivity contribution in [3.8, 4) is 0 Å². The summed E-state index contributed by atoms with van der Waals surface area (Å²) in [6.07, 6.45) is 3.58. The third-order valence-electron chi connectivity index (χ3n) is 4.19. The normalized spacial score (nSPS) is 27.7. The first-order valence-electron chi connectivity index (χ1n) is 6.70. The summed E-state index contributed by atoms with van der Waals surface area (Å²) in [5.74, 6) is 0. The van der Waals surface area contributed by atoms with Crippen molar-refractivity contribution in [3.63, 3.8) is 0 Å². The fraction of sp³-hybridized carbons (Fsp3) is 0.600. The molecule has 0 radical (unpaired) electrons. The highest BCUT2D eigenvalue weighted by Gasteiger charge is 2.46. The summed E-state index contributed by atoms with van der Waals surface area (Å²) in [5, 5.41) is 10.2. The minimum Gasteiger partial charge on any atom is -0.388 e. The summed E-state index contributed by atoms with van der Waals surface area (Å²) in [6, 6.07) is 6.11. The van der Waals surface area contributed by atoms with E-state index >= 15 is 0 Å². The van der Waals surface area contributed by atoms with E-state index in [1.54, 1.807) is 0 Å². The van der Waals surface area contributed by atoms with E-state index in [2.05, 4.69) is 0 Å². The van der Waals surface area contributed by atoms with Crippen molar-refractivity contribution in [2.75, 3.05) is 6.26 Å². The molecule has 19 heavy (non-hydrogen) atoms. The Morgan fingerprint density at radius 1 is 1.37 bits per heavy atom. The van der Waals surface area contributed by atoms with Gasteiger partial charge in [-0.3, -0.25) is 0 Å². The van der Waals surface area contributed by atoms with Crippen molar-refractivity contribution >= 4 is 9.84 Å². The Morgan fingerprint density at radius 3 is 2.68 bits per heavy atom. The Kier molecular flexibility index (Phi) is 3.76. The zero-order valence-electron chi connectivity index (χ0n) is 11.8. The second-order valence-corrected chi connectivity index (χ2v) is 8.15. The number of hydrogen-bond donors (Lipinski definition) is 1. The smallest absolute Gasteiger partial charge is 0.153 e. The fourth-order valence-corrected chi connectivity index (χ4v) is 4.75. The highest BCUT2D eigenvalue weighted by Crippen LogP contribution is 2.37. The number of rotatable bonds is 3. The lowest BCUT2D eigenvalue weighted by Gasteiger charge is -2.29. The average molecular weight is 282 g/mol. The van der Waals surface area contributed by atoms with Gasteiger partial charge in [-0.05, 0) is 44.2 Å². The van der Waals surface area contributed by atoms with E-state index in [9.17, 15) is 13.5 Å². The van der Waals surface area contributed by atoms with Crippen LogP contribution in [0, 0.1) is 13.8 Å². The van der Waals surface area contributed by atoms with Gasteiger partial charge in [-0.15, -0.1) is 0 Å². The van der Waals surface area contributed by atoms with E-state index in [4.69, 9.17) is 0 Å². The van der Waals surface area contributed by atoms with Crippen LogP contribution in [0.25, 0.3) is 0 Å². The Hall–Kier alpha value is -0.870. The first-order valence-corrected chi connectivity index (χ1v) is 8.65. The van der Waals surface area contributed by atoms with Crippen molar-refractivity contribution in [1.29, 1.82) is 0 Å². The van der Waals surface area contributed by atoms with Crippen LogP contribution in [0.5, 0.6) is 0 Å². The number of aryl methyl sites for hydroxylation is 2. The molecule has 0 spiro atoms. The summed E-state index contributed by atoms with van der Waals surface area (Å²) in [6.45, 7) is 4.01. The van der Waals surface area contributed by atoms with Crippen LogP contribution in [0.4, 0.5) is 0 Å². The molecule has 0 aliphatic heterocycles. The van der Waals surface area contributed by atoms with Crippen LogP contribution in [0.3, 0.4) is 0 Å². The van der Waals surface area contributed by atoms with Crippen molar-refractivity contribution in [1.82, 2.24) is 0 Å². The van der Waals surface area contributed by atoms with Gasteiger partial charge in [0.15, 0.2) is 9.84 Å². The molecule has 1 aliphatic carbocycles. The molecule has 2 rings (SSSR count). The van der Waals surface area contributed by atoms with Crippen molar-refractivity contribution in [2.45, 2.75) is 50.4 Å². The third-order valence-corrected chi connectivity index (χ3v) is 5.90. The highest BCUT2D eigenvalue weighted by atomic mass is 32.2. The summed E-state index contributed by atoms with van der Waals surface area (Å²) in [5.41, 5.74) is 2.20. The molecule has 0 aromatic heterocycles. The van der Waals surface area contributed by atoms with Crippen LogP contribution in [0.1, 0.15) is 36.0 Å². The van der Waals surface area contributed by atoms with E-state index in [1.807, 2.05) is 32.0 Å². The molecule has 0 saturated heterocycles. The number of hydrogen-bond acceptors (Lipinski definition) is 3. The average Bonchev–Trinajstić information content (AvgIpc) is 2.65. The summed E-state index contributed by atoms with van der Waals surface area (Å²) >= 11 is 0. The Labute approximate surface area is 115 Å². The lowest BCUT2D eigenvalue weighted by Crippen LogP contribution is -2.44. The van der Waals surface area contributed by atoms with E-state index in [0.29, 0.717) is 19.3 Å². The molecule has 1 aliphatic rings. The van der Waals surface area contributed by atoms with Gasteiger partial charge >= 0.3 is 0 Å². The summed E-state index contributed by atoms with van der Waals surface area (Å²) < 4.78 is 23.7. The fourth-order valence-electron chi connectivity index (χ4n) is 3.16. The quantitative estimate of drug-likeness (QED) is 0.924. The van der Waals surface area contributed by atoms with E-state index in [1.165, 1.54) is 6.26 Å². The Bertz CT molecular complexity index is 577. The van der Waals surface area contributed by atoms with E-state index in [0.717, 1.165) is 23.1 Å². The number of aliphatic hydroxyl groups is 1. The molecule has 1 aromatic rings. The van der Waals surface area contributed by atoms with Crippen LogP contribution in [0.2, 0.25) is 0 Å². The summed E-state index contributed by atoms with van der Waals surface area (Å²) in [7, 11) is -3.20. The molecule has 1 N–H and O–H groups in total. The first kappa shape index (κ1) is 14.5. The van der Waals surface area contributed by atoms with Gasteiger partial charge in [0.25, 0.3) is 0 Å². The minimum atomic E-state index is -3.20. The van der Waals surface area contributed by atoms with Crippen LogP contribution >= 0.6 is 0 Å².